The number of imidazole rings is 1. The molecule has 19 heavy (non-hydrogen) atoms. The minimum atomic E-state index is -3.71. The van der Waals surface area contributed by atoms with Crippen molar-refractivity contribution in [3.8, 4) is 0 Å². The Morgan fingerprint density at radius 2 is 1.89 bits per heavy atom. The molecular formula is C13H23N3O2S. The van der Waals surface area contributed by atoms with Crippen LogP contribution < -0.4 is 5.14 Å². The molecule has 1 heterocycles. The molecule has 6 heteroatoms. The summed E-state index contributed by atoms with van der Waals surface area (Å²) in [6, 6.07) is 0.344. The Morgan fingerprint density at radius 1 is 1.32 bits per heavy atom. The van der Waals surface area contributed by atoms with Gasteiger partial charge in [-0.25, -0.2) is 18.5 Å². The number of nitrogens with zero attached hydrogens (tertiary/aromatic N) is 2. The first-order valence-corrected chi connectivity index (χ1v) is 8.46. The van der Waals surface area contributed by atoms with Crippen LogP contribution in [0.5, 0.6) is 0 Å². The summed E-state index contributed by atoms with van der Waals surface area (Å²) in [4.78, 5) is 4.18. The molecule has 0 radical (unpaired) electrons. The summed E-state index contributed by atoms with van der Waals surface area (Å²) < 4.78 is 24.9. The standard InChI is InChI=1S/C13H23N3O2S/c1-4-12-15-13(19(14,17)18)8-16(12)11-6-9(2)5-10(3)7-11/h8-11H,4-7H2,1-3H3,(H2,14,17,18). The number of hydrogen-bond acceptors (Lipinski definition) is 3. The SMILES string of the molecule is CCc1nc(S(N)(=O)=O)cn1C1CC(C)CC(C)C1. The average molecular weight is 285 g/mol. The average Bonchev–Trinajstić information content (AvgIpc) is 2.71. The van der Waals surface area contributed by atoms with Crippen molar-refractivity contribution in [2.75, 3.05) is 0 Å². The molecule has 108 valence electrons. The van der Waals surface area contributed by atoms with Crippen molar-refractivity contribution in [1.29, 1.82) is 0 Å². The largest absolute Gasteiger partial charge is 0.330 e. The third-order valence-electron chi connectivity index (χ3n) is 3.94. The third kappa shape index (κ3) is 3.17. The van der Waals surface area contributed by atoms with Gasteiger partial charge in [0.05, 0.1) is 0 Å². The molecule has 5 nitrogen and oxygen atoms in total. The summed E-state index contributed by atoms with van der Waals surface area (Å²) >= 11 is 0. The number of hydrogen-bond donors (Lipinski definition) is 1. The smallest absolute Gasteiger partial charge is 0.257 e. The number of rotatable bonds is 3. The molecule has 0 saturated heterocycles. The quantitative estimate of drug-likeness (QED) is 0.923. The van der Waals surface area contributed by atoms with E-state index in [9.17, 15) is 8.42 Å². The zero-order valence-electron chi connectivity index (χ0n) is 11.8. The van der Waals surface area contributed by atoms with Crippen LogP contribution in [0.25, 0.3) is 0 Å². The molecule has 2 rings (SSSR count). The van der Waals surface area contributed by atoms with E-state index in [0.717, 1.165) is 25.1 Å². The maximum atomic E-state index is 11.4. The first kappa shape index (κ1) is 14.5. The second-order valence-corrected chi connectivity index (χ2v) is 7.38. The van der Waals surface area contributed by atoms with Gasteiger partial charge in [0.15, 0.2) is 5.03 Å². The second-order valence-electron chi connectivity index (χ2n) is 5.87. The fourth-order valence-corrected chi connectivity index (χ4v) is 3.75. The zero-order chi connectivity index (χ0) is 14.2. The van der Waals surface area contributed by atoms with Gasteiger partial charge in [-0.2, -0.15) is 0 Å². The predicted molar refractivity (Wildman–Crippen MR) is 74.2 cm³/mol. The van der Waals surface area contributed by atoms with Crippen molar-refractivity contribution in [2.45, 2.75) is 57.5 Å². The van der Waals surface area contributed by atoms with Gasteiger partial charge in [0.2, 0.25) is 0 Å². The lowest BCUT2D eigenvalue weighted by Crippen LogP contribution is -2.23. The lowest BCUT2D eigenvalue weighted by molar-refractivity contribution is 0.218. The van der Waals surface area contributed by atoms with Crippen molar-refractivity contribution in [2.24, 2.45) is 17.0 Å². The Labute approximate surface area is 115 Å². The monoisotopic (exact) mass is 285 g/mol. The molecule has 2 atom stereocenters. The van der Waals surface area contributed by atoms with Gasteiger partial charge in [0.25, 0.3) is 10.0 Å². The van der Waals surface area contributed by atoms with E-state index in [2.05, 4.69) is 18.8 Å². The number of aryl methyl sites for hydroxylation is 1. The van der Waals surface area contributed by atoms with E-state index in [1.807, 2.05) is 11.5 Å². The Kier molecular flexibility index (Phi) is 4.01. The van der Waals surface area contributed by atoms with E-state index in [-0.39, 0.29) is 5.03 Å². The summed E-state index contributed by atoms with van der Waals surface area (Å²) in [5.41, 5.74) is 0. The van der Waals surface area contributed by atoms with Crippen LogP contribution in [0.1, 0.15) is 51.9 Å². The maximum Gasteiger partial charge on any atom is 0.257 e. The van der Waals surface area contributed by atoms with E-state index in [1.54, 1.807) is 6.20 Å². The van der Waals surface area contributed by atoms with Crippen LogP contribution in [0.3, 0.4) is 0 Å². The van der Waals surface area contributed by atoms with E-state index in [1.165, 1.54) is 6.42 Å². The molecule has 2 unspecified atom stereocenters. The normalized spacial score (nSPS) is 28.5. The zero-order valence-corrected chi connectivity index (χ0v) is 12.7. The summed E-state index contributed by atoms with van der Waals surface area (Å²) in [6.45, 7) is 6.50. The van der Waals surface area contributed by atoms with Crippen molar-refractivity contribution in [1.82, 2.24) is 9.55 Å². The molecule has 1 aromatic rings. The molecule has 0 amide bonds. The van der Waals surface area contributed by atoms with Crippen LogP contribution >= 0.6 is 0 Å². The first-order valence-electron chi connectivity index (χ1n) is 6.91. The molecule has 0 aromatic carbocycles. The molecule has 1 saturated carbocycles. The first-order chi connectivity index (χ1) is 8.81. The number of aromatic nitrogens is 2. The van der Waals surface area contributed by atoms with E-state index in [0.29, 0.717) is 17.9 Å². The van der Waals surface area contributed by atoms with Gasteiger partial charge < -0.3 is 4.57 Å². The highest BCUT2D eigenvalue weighted by Crippen LogP contribution is 2.36. The molecular weight excluding hydrogens is 262 g/mol. The van der Waals surface area contributed by atoms with E-state index in [4.69, 9.17) is 5.14 Å². The molecule has 0 aliphatic heterocycles. The lowest BCUT2D eigenvalue weighted by Gasteiger charge is -2.33. The van der Waals surface area contributed by atoms with E-state index < -0.39 is 10.0 Å². The van der Waals surface area contributed by atoms with Crippen molar-refractivity contribution in [3.63, 3.8) is 0 Å². The maximum absolute atomic E-state index is 11.4. The second kappa shape index (κ2) is 5.25. The molecule has 1 aliphatic rings. The molecule has 2 N–H and O–H groups in total. The van der Waals surface area contributed by atoms with Gasteiger partial charge in [0, 0.05) is 18.7 Å². The highest BCUT2D eigenvalue weighted by Gasteiger charge is 2.27. The highest BCUT2D eigenvalue weighted by atomic mass is 32.2. The van der Waals surface area contributed by atoms with Gasteiger partial charge in [-0.1, -0.05) is 20.8 Å². The number of sulfonamides is 1. The Hall–Kier alpha value is -0.880. The minimum absolute atomic E-state index is 0.00442. The fourth-order valence-electron chi connectivity index (χ4n) is 3.25. The van der Waals surface area contributed by atoms with Crippen LogP contribution in [0.2, 0.25) is 0 Å². The predicted octanol–water partition coefficient (Wildman–Crippen LogP) is 2.09. The third-order valence-corrected chi connectivity index (χ3v) is 4.72. The van der Waals surface area contributed by atoms with E-state index >= 15 is 0 Å². The van der Waals surface area contributed by atoms with Gasteiger partial charge in [-0.15, -0.1) is 0 Å². The van der Waals surface area contributed by atoms with Gasteiger partial charge in [0.1, 0.15) is 5.82 Å². The number of nitrogens with two attached hydrogens (primary N) is 1. The summed E-state index contributed by atoms with van der Waals surface area (Å²) in [5.74, 6) is 2.15. The summed E-state index contributed by atoms with van der Waals surface area (Å²) in [7, 11) is -3.71. The fraction of sp³-hybridized carbons (Fsp3) is 0.769. The number of primary sulfonamides is 1. The molecule has 1 fully saturated rings. The van der Waals surface area contributed by atoms with Crippen LogP contribution in [-0.2, 0) is 16.4 Å². The van der Waals surface area contributed by atoms with Crippen molar-refractivity contribution < 1.29 is 8.42 Å². The topological polar surface area (TPSA) is 78.0 Å². The van der Waals surface area contributed by atoms with Gasteiger partial charge in [-0.3, -0.25) is 0 Å². The molecule has 1 aromatic heterocycles. The molecule has 1 aliphatic carbocycles. The lowest BCUT2D eigenvalue weighted by atomic mass is 9.80. The summed E-state index contributed by atoms with van der Waals surface area (Å²) in [6.07, 6.45) is 5.74. The Morgan fingerprint density at radius 3 is 2.37 bits per heavy atom. The molecule has 0 spiro atoms. The van der Waals surface area contributed by atoms with Crippen LogP contribution in [0, 0.1) is 11.8 Å². The van der Waals surface area contributed by atoms with Crippen LogP contribution in [0.4, 0.5) is 0 Å². The van der Waals surface area contributed by atoms with Crippen LogP contribution in [0.15, 0.2) is 11.2 Å². The van der Waals surface area contributed by atoms with Gasteiger partial charge >= 0.3 is 0 Å². The Bertz CT molecular complexity index is 540. The van der Waals surface area contributed by atoms with Gasteiger partial charge in [-0.05, 0) is 31.1 Å². The van der Waals surface area contributed by atoms with Crippen molar-refractivity contribution in [3.05, 3.63) is 12.0 Å². The summed E-state index contributed by atoms with van der Waals surface area (Å²) in [5, 5.41) is 5.17. The minimum Gasteiger partial charge on any atom is -0.330 e. The van der Waals surface area contributed by atoms with Crippen molar-refractivity contribution >= 4 is 10.0 Å². The Balaban J connectivity index is 2.36. The van der Waals surface area contributed by atoms with Crippen LogP contribution in [-0.4, -0.2) is 18.0 Å². The molecule has 0 bridgehead atoms. The highest BCUT2D eigenvalue weighted by molar-refractivity contribution is 7.89.